The molecule has 0 aliphatic carbocycles. The fourth-order valence-corrected chi connectivity index (χ4v) is 3.52. The molecule has 0 spiro atoms. The van der Waals surface area contributed by atoms with Gasteiger partial charge in [-0.3, -0.25) is 9.69 Å². The summed E-state index contributed by atoms with van der Waals surface area (Å²) in [7, 11) is 7.30. The molecule has 4 nitrogen and oxygen atoms in total. The Balaban J connectivity index is 1.89. The fraction of sp³-hybridized carbons (Fsp3) is 0.316. The number of carboxylic acids is 1. The molecule has 1 fully saturated rings. The molecule has 0 atom stereocenters. The van der Waals surface area contributed by atoms with Crippen molar-refractivity contribution in [1.82, 2.24) is 4.90 Å². The first-order valence-electron chi connectivity index (χ1n) is 8.11. The van der Waals surface area contributed by atoms with E-state index in [2.05, 4.69) is 0 Å². The highest BCUT2D eigenvalue weighted by molar-refractivity contribution is 6.46. The number of benzene rings is 2. The lowest BCUT2D eigenvalue weighted by Crippen LogP contribution is -2.58. The molecule has 2 aromatic carbocycles. The number of halogens is 2. The van der Waals surface area contributed by atoms with Gasteiger partial charge in [0, 0.05) is 30.2 Å². The van der Waals surface area contributed by atoms with E-state index in [0.717, 1.165) is 0 Å². The van der Waals surface area contributed by atoms with Gasteiger partial charge < -0.3 is 9.84 Å². The zero-order valence-corrected chi connectivity index (χ0v) is 15.3. The lowest BCUT2D eigenvalue weighted by Gasteiger charge is -2.45. The van der Waals surface area contributed by atoms with Gasteiger partial charge in [-0.05, 0) is 30.2 Å². The minimum absolute atomic E-state index is 0.281. The van der Waals surface area contributed by atoms with E-state index in [1.165, 1.54) is 13.2 Å². The van der Waals surface area contributed by atoms with Crippen LogP contribution in [0.1, 0.15) is 12.5 Å². The van der Waals surface area contributed by atoms with Crippen molar-refractivity contribution in [2.75, 3.05) is 20.2 Å². The molecule has 1 heterocycles. The highest BCUT2D eigenvalue weighted by atomic mass is 35.5. The van der Waals surface area contributed by atoms with Gasteiger partial charge in [-0.25, -0.2) is 4.39 Å². The average molecular weight is 374 g/mol. The van der Waals surface area contributed by atoms with Crippen molar-refractivity contribution in [3.8, 4) is 16.9 Å². The lowest BCUT2D eigenvalue weighted by atomic mass is 9.82. The molecule has 134 valence electrons. The summed E-state index contributed by atoms with van der Waals surface area (Å²) < 4.78 is 20.2. The summed E-state index contributed by atoms with van der Waals surface area (Å²) in [6, 6.07) is 8.31. The number of likely N-dealkylation sites (tertiary alicyclic amines) is 1. The summed E-state index contributed by atoms with van der Waals surface area (Å²) in [5.41, 5.74) is 1.22. The topological polar surface area (TPSA) is 49.8 Å². The van der Waals surface area contributed by atoms with Crippen molar-refractivity contribution >= 4 is 30.9 Å². The summed E-state index contributed by atoms with van der Waals surface area (Å²) in [6.07, 6.45) is 0. The first-order chi connectivity index (χ1) is 12.2. The van der Waals surface area contributed by atoms with Crippen molar-refractivity contribution in [2.45, 2.75) is 13.5 Å². The second-order valence-electron chi connectivity index (χ2n) is 6.86. The van der Waals surface area contributed by atoms with E-state index in [0.29, 0.717) is 46.0 Å². The Hall–Kier alpha value is -2.05. The molecule has 1 N–H and O–H groups in total. The second-order valence-corrected chi connectivity index (χ2v) is 7.24. The number of methoxy groups -OCH3 is 1. The maximum Gasteiger partial charge on any atom is 0.311 e. The van der Waals surface area contributed by atoms with Crippen molar-refractivity contribution < 1.29 is 19.0 Å². The van der Waals surface area contributed by atoms with Gasteiger partial charge in [0.25, 0.3) is 0 Å². The number of carboxylic acid groups (broad SMARTS) is 1. The Morgan fingerprint density at radius 3 is 2.73 bits per heavy atom. The zero-order chi connectivity index (χ0) is 19.1. The monoisotopic (exact) mass is 373 g/mol. The van der Waals surface area contributed by atoms with E-state index in [1.54, 1.807) is 31.2 Å². The molecule has 7 heteroatoms. The van der Waals surface area contributed by atoms with Crippen molar-refractivity contribution in [3.05, 3.63) is 46.7 Å². The number of ether oxygens (including phenoxy) is 1. The molecule has 1 aliphatic heterocycles. The Kier molecular flexibility index (Phi) is 4.99. The molecule has 0 aromatic heterocycles. The van der Waals surface area contributed by atoms with Gasteiger partial charge in [-0.2, -0.15) is 0 Å². The molecule has 0 amide bonds. The van der Waals surface area contributed by atoms with E-state index >= 15 is 0 Å². The Labute approximate surface area is 157 Å². The zero-order valence-electron chi connectivity index (χ0n) is 14.6. The summed E-state index contributed by atoms with van der Waals surface area (Å²) in [4.78, 5) is 13.1. The third-order valence-electron chi connectivity index (χ3n) is 4.76. The van der Waals surface area contributed by atoms with Gasteiger partial charge in [-0.1, -0.05) is 35.3 Å². The molecule has 1 aliphatic rings. The van der Waals surface area contributed by atoms with E-state index in [4.69, 9.17) is 24.2 Å². The first kappa shape index (κ1) is 18.7. The second kappa shape index (κ2) is 6.93. The van der Waals surface area contributed by atoms with Crippen molar-refractivity contribution in [2.24, 2.45) is 5.41 Å². The molecular formula is C19H18BClFNO3. The Morgan fingerprint density at radius 2 is 2.12 bits per heavy atom. The van der Waals surface area contributed by atoms with E-state index < -0.39 is 17.2 Å². The van der Waals surface area contributed by atoms with Gasteiger partial charge in [0.1, 0.15) is 19.4 Å². The summed E-state index contributed by atoms with van der Waals surface area (Å²) in [5.74, 6) is -0.878. The minimum Gasteiger partial charge on any atom is -0.496 e. The van der Waals surface area contributed by atoms with E-state index in [9.17, 15) is 14.3 Å². The van der Waals surface area contributed by atoms with Crippen LogP contribution in [0.3, 0.4) is 0 Å². The fourth-order valence-electron chi connectivity index (χ4n) is 3.29. The summed E-state index contributed by atoms with van der Waals surface area (Å²) in [6.45, 7) is 2.70. The maximum atomic E-state index is 14.8. The normalized spacial score (nSPS) is 16.2. The third kappa shape index (κ3) is 3.31. The molecule has 1 saturated heterocycles. The molecule has 2 aromatic rings. The third-order valence-corrected chi connectivity index (χ3v) is 5.18. The quantitative estimate of drug-likeness (QED) is 0.819. The van der Waals surface area contributed by atoms with Crippen LogP contribution in [0.4, 0.5) is 4.39 Å². The molecule has 3 rings (SSSR count). The number of rotatable bonds is 5. The molecule has 0 saturated carbocycles. The number of aliphatic carboxylic acids is 1. The van der Waals surface area contributed by atoms with Gasteiger partial charge >= 0.3 is 5.97 Å². The average Bonchev–Trinajstić information content (AvgIpc) is 2.56. The number of hydrogen-bond acceptors (Lipinski definition) is 3. The smallest absolute Gasteiger partial charge is 0.311 e. The summed E-state index contributed by atoms with van der Waals surface area (Å²) in [5, 5.41) is 9.56. The van der Waals surface area contributed by atoms with E-state index in [-0.39, 0.29) is 6.54 Å². The van der Waals surface area contributed by atoms with Crippen molar-refractivity contribution in [1.29, 1.82) is 0 Å². The van der Waals surface area contributed by atoms with Gasteiger partial charge in [-0.15, -0.1) is 0 Å². The predicted octanol–water partition coefficient (Wildman–Crippen LogP) is 2.86. The van der Waals surface area contributed by atoms with Gasteiger partial charge in [0.15, 0.2) is 0 Å². The van der Waals surface area contributed by atoms with Crippen LogP contribution in [0.5, 0.6) is 5.75 Å². The van der Waals surface area contributed by atoms with E-state index in [1.807, 2.05) is 4.90 Å². The highest BCUT2D eigenvalue weighted by Gasteiger charge is 2.45. The highest BCUT2D eigenvalue weighted by Crippen LogP contribution is 2.36. The molecule has 2 radical (unpaired) electrons. The van der Waals surface area contributed by atoms with Crippen LogP contribution in [0.2, 0.25) is 5.02 Å². The van der Waals surface area contributed by atoms with Crippen LogP contribution in [0, 0.1) is 11.2 Å². The Morgan fingerprint density at radius 1 is 1.42 bits per heavy atom. The number of nitrogens with zero attached hydrogens (tertiary/aromatic N) is 1. The number of carbonyl (C=O) groups is 1. The molecule has 0 bridgehead atoms. The molecular weight excluding hydrogens is 355 g/mol. The van der Waals surface area contributed by atoms with Crippen LogP contribution < -0.4 is 10.2 Å². The lowest BCUT2D eigenvalue weighted by molar-refractivity contribution is -0.159. The van der Waals surface area contributed by atoms with Crippen LogP contribution in [-0.4, -0.2) is 44.0 Å². The van der Waals surface area contributed by atoms with Gasteiger partial charge in [0.2, 0.25) is 0 Å². The van der Waals surface area contributed by atoms with Crippen LogP contribution in [-0.2, 0) is 11.3 Å². The first-order valence-corrected chi connectivity index (χ1v) is 8.49. The predicted molar refractivity (Wildman–Crippen MR) is 99.8 cm³/mol. The van der Waals surface area contributed by atoms with Crippen LogP contribution >= 0.6 is 11.6 Å². The van der Waals surface area contributed by atoms with Gasteiger partial charge in [0.05, 0.1) is 12.5 Å². The van der Waals surface area contributed by atoms with Crippen molar-refractivity contribution in [3.63, 3.8) is 0 Å². The Bertz CT molecular complexity index is 868. The van der Waals surface area contributed by atoms with Crippen LogP contribution in [0.15, 0.2) is 30.3 Å². The van der Waals surface area contributed by atoms with Crippen LogP contribution in [0.25, 0.3) is 11.1 Å². The molecule has 0 unspecified atom stereocenters. The minimum atomic E-state index is -0.840. The molecule has 26 heavy (non-hydrogen) atoms. The SMILES string of the molecule is [B]c1cccc(-c2cc(F)c(CN3CC(C)(C(=O)O)C3)c(OC)c2)c1Cl. The summed E-state index contributed by atoms with van der Waals surface area (Å²) >= 11 is 6.24. The standard InChI is InChI=1S/C19H18BClFNO3/c1-19(18(24)25)9-23(10-19)8-13-15(22)6-11(7-16(13)26-2)12-4-3-5-14(20)17(12)21/h3-7H,8-10H2,1-2H3,(H,24,25). The largest absolute Gasteiger partial charge is 0.496 e. The maximum absolute atomic E-state index is 14.8. The number of hydrogen-bond donors (Lipinski definition) is 1.